The van der Waals surface area contributed by atoms with Crippen LogP contribution < -0.4 is 5.32 Å². The molecule has 1 fully saturated rings. The zero-order chi connectivity index (χ0) is 20.9. The average molecular weight is 394 g/mol. The summed E-state index contributed by atoms with van der Waals surface area (Å²) in [6.45, 7) is 12.4. The summed E-state index contributed by atoms with van der Waals surface area (Å²) in [7, 11) is 2.25. The standard InChI is InChI=1S/C27H55N/c1-7-10-13-15-17-22-26(5,21-16-14-11-8-2)27(24(4)19-12-9-3)23-18-20-25(27)28-6/h24-25,28H,7-23H2,1-6H3. The van der Waals surface area contributed by atoms with Crippen LogP contribution in [-0.2, 0) is 0 Å². The smallest absolute Gasteiger partial charge is 0.0128 e. The first-order chi connectivity index (χ1) is 13.5. The van der Waals surface area contributed by atoms with Gasteiger partial charge in [-0.3, -0.25) is 0 Å². The van der Waals surface area contributed by atoms with Crippen LogP contribution in [0.25, 0.3) is 0 Å². The first-order valence-corrected chi connectivity index (χ1v) is 13.2. The molecule has 0 radical (unpaired) electrons. The highest BCUT2D eigenvalue weighted by Gasteiger charge is 2.56. The third-order valence-corrected chi connectivity index (χ3v) is 8.46. The molecule has 0 bridgehead atoms. The molecule has 0 spiro atoms. The Morgan fingerprint density at radius 3 is 1.93 bits per heavy atom. The molecule has 0 aromatic heterocycles. The lowest BCUT2D eigenvalue weighted by Gasteiger charge is -2.55. The Morgan fingerprint density at radius 1 is 0.857 bits per heavy atom. The maximum absolute atomic E-state index is 3.83. The predicted octanol–water partition coefficient (Wildman–Crippen LogP) is 8.91. The molecule has 1 saturated carbocycles. The molecule has 0 aromatic carbocycles. The summed E-state index contributed by atoms with van der Waals surface area (Å²) in [6, 6.07) is 0.728. The molecule has 168 valence electrons. The van der Waals surface area contributed by atoms with Crippen molar-refractivity contribution in [2.45, 2.75) is 150 Å². The van der Waals surface area contributed by atoms with Gasteiger partial charge in [0, 0.05) is 6.04 Å². The largest absolute Gasteiger partial charge is 0.316 e. The molecule has 1 N–H and O–H groups in total. The highest BCUT2D eigenvalue weighted by atomic mass is 14.9. The fourth-order valence-corrected chi connectivity index (χ4v) is 6.76. The van der Waals surface area contributed by atoms with Crippen molar-refractivity contribution in [2.75, 3.05) is 7.05 Å². The van der Waals surface area contributed by atoms with Crippen LogP contribution in [0.4, 0.5) is 0 Å². The van der Waals surface area contributed by atoms with Gasteiger partial charge in [-0.05, 0) is 49.5 Å². The third-order valence-electron chi connectivity index (χ3n) is 8.46. The number of hydrogen-bond acceptors (Lipinski definition) is 1. The SMILES string of the molecule is CCCCCCCC(C)(CCCCCC)C1(C(C)CCCC)CCCC1NC. The minimum Gasteiger partial charge on any atom is -0.316 e. The molecule has 0 saturated heterocycles. The lowest BCUT2D eigenvalue weighted by molar-refractivity contribution is -0.0422. The van der Waals surface area contributed by atoms with E-state index >= 15 is 0 Å². The minimum atomic E-state index is 0.504. The van der Waals surface area contributed by atoms with Gasteiger partial charge >= 0.3 is 0 Å². The second-order valence-electron chi connectivity index (χ2n) is 10.4. The zero-order valence-corrected chi connectivity index (χ0v) is 20.7. The van der Waals surface area contributed by atoms with Crippen LogP contribution in [0.15, 0.2) is 0 Å². The van der Waals surface area contributed by atoms with Crippen molar-refractivity contribution in [1.82, 2.24) is 5.32 Å². The van der Waals surface area contributed by atoms with Crippen molar-refractivity contribution in [3.05, 3.63) is 0 Å². The Kier molecular flexibility index (Phi) is 13.0. The van der Waals surface area contributed by atoms with Gasteiger partial charge in [0.2, 0.25) is 0 Å². The summed E-state index contributed by atoms with van der Waals surface area (Å²) < 4.78 is 0. The van der Waals surface area contributed by atoms with E-state index in [0.29, 0.717) is 10.8 Å². The Labute approximate surface area is 179 Å². The summed E-state index contributed by atoms with van der Waals surface area (Å²) in [5, 5.41) is 3.83. The zero-order valence-electron chi connectivity index (χ0n) is 20.7. The van der Waals surface area contributed by atoms with Gasteiger partial charge in [-0.25, -0.2) is 0 Å². The fraction of sp³-hybridized carbons (Fsp3) is 1.00. The van der Waals surface area contributed by atoms with Crippen molar-refractivity contribution in [2.24, 2.45) is 16.7 Å². The van der Waals surface area contributed by atoms with Crippen LogP contribution in [0.3, 0.4) is 0 Å². The minimum absolute atomic E-state index is 0.504. The van der Waals surface area contributed by atoms with Crippen molar-refractivity contribution >= 4 is 0 Å². The van der Waals surface area contributed by atoms with Gasteiger partial charge in [0.15, 0.2) is 0 Å². The van der Waals surface area contributed by atoms with Crippen molar-refractivity contribution in [3.8, 4) is 0 Å². The van der Waals surface area contributed by atoms with Crippen molar-refractivity contribution in [1.29, 1.82) is 0 Å². The Bertz CT molecular complexity index is 378. The van der Waals surface area contributed by atoms with Crippen molar-refractivity contribution in [3.63, 3.8) is 0 Å². The first kappa shape index (κ1) is 26.0. The van der Waals surface area contributed by atoms with E-state index in [1.54, 1.807) is 0 Å². The van der Waals surface area contributed by atoms with Gasteiger partial charge in [-0.1, -0.05) is 118 Å². The normalized spacial score (nSPS) is 25.7. The van der Waals surface area contributed by atoms with Crippen LogP contribution in [0.1, 0.15) is 144 Å². The summed E-state index contributed by atoms with van der Waals surface area (Å²) in [5.41, 5.74) is 1.01. The van der Waals surface area contributed by atoms with Gasteiger partial charge < -0.3 is 5.32 Å². The molecule has 1 heteroatoms. The van der Waals surface area contributed by atoms with E-state index < -0.39 is 0 Å². The van der Waals surface area contributed by atoms with Gasteiger partial charge in [-0.15, -0.1) is 0 Å². The van der Waals surface area contributed by atoms with E-state index in [4.69, 9.17) is 0 Å². The Balaban J connectivity index is 3.02. The fourth-order valence-electron chi connectivity index (χ4n) is 6.76. The average Bonchev–Trinajstić information content (AvgIpc) is 3.15. The first-order valence-electron chi connectivity index (χ1n) is 13.2. The maximum atomic E-state index is 3.83. The lowest BCUT2D eigenvalue weighted by Crippen LogP contribution is -2.54. The van der Waals surface area contributed by atoms with Gasteiger partial charge in [0.05, 0.1) is 0 Å². The van der Waals surface area contributed by atoms with E-state index in [9.17, 15) is 0 Å². The molecule has 0 aromatic rings. The second-order valence-corrected chi connectivity index (χ2v) is 10.4. The summed E-state index contributed by atoms with van der Waals surface area (Å²) >= 11 is 0. The third kappa shape index (κ3) is 6.75. The van der Waals surface area contributed by atoms with Crippen molar-refractivity contribution < 1.29 is 0 Å². The van der Waals surface area contributed by atoms with Crippen LogP contribution in [0, 0.1) is 16.7 Å². The molecule has 0 amide bonds. The van der Waals surface area contributed by atoms with Gasteiger partial charge in [0.1, 0.15) is 0 Å². The quantitative estimate of drug-likeness (QED) is 0.243. The monoisotopic (exact) mass is 393 g/mol. The number of nitrogens with one attached hydrogen (secondary N) is 1. The molecule has 1 nitrogen and oxygen atoms in total. The Hall–Kier alpha value is -0.0400. The molecule has 28 heavy (non-hydrogen) atoms. The molecule has 1 aliphatic carbocycles. The number of rotatable bonds is 17. The molecular weight excluding hydrogens is 338 g/mol. The van der Waals surface area contributed by atoms with Crippen LogP contribution >= 0.6 is 0 Å². The van der Waals surface area contributed by atoms with E-state index in [2.05, 4.69) is 47.0 Å². The van der Waals surface area contributed by atoms with Gasteiger partial charge in [0.25, 0.3) is 0 Å². The molecule has 0 aliphatic heterocycles. The number of unbranched alkanes of at least 4 members (excludes halogenated alkanes) is 8. The molecular formula is C27H55N. The Morgan fingerprint density at radius 2 is 1.39 bits per heavy atom. The second kappa shape index (κ2) is 14.1. The van der Waals surface area contributed by atoms with E-state index in [0.717, 1.165) is 12.0 Å². The summed E-state index contributed by atoms with van der Waals surface area (Å²) in [4.78, 5) is 0. The van der Waals surface area contributed by atoms with Crippen LogP contribution in [0.5, 0.6) is 0 Å². The highest BCUT2D eigenvalue weighted by molar-refractivity contribution is 5.08. The molecule has 4 atom stereocenters. The molecule has 0 heterocycles. The molecule has 1 aliphatic rings. The summed E-state index contributed by atoms with van der Waals surface area (Å²) in [5.74, 6) is 0.846. The van der Waals surface area contributed by atoms with Crippen LogP contribution in [-0.4, -0.2) is 13.1 Å². The maximum Gasteiger partial charge on any atom is 0.0128 e. The summed E-state index contributed by atoms with van der Waals surface area (Å²) in [6.07, 6.45) is 24.1. The topological polar surface area (TPSA) is 12.0 Å². The predicted molar refractivity (Wildman–Crippen MR) is 128 cm³/mol. The number of hydrogen-bond donors (Lipinski definition) is 1. The van der Waals surface area contributed by atoms with Crippen LogP contribution in [0.2, 0.25) is 0 Å². The molecule has 1 rings (SSSR count). The van der Waals surface area contributed by atoms with E-state index in [1.165, 1.54) is 109 Å². The molecule has 4 unspecified atom stereocenters. The van der Waals surface area contributed by atoms with Gasteiger partial charge in [-0.2, -0.15) is 0 Å². The highest BCUT2D eigenvalue weighted by Crippen LogP contribution is 2.61. The lowest BCUT2D eigenvalue weighted by atomic mass is 9.51. The van der Waals surface area contributed by atoms with E-state index in [-0.39, 0.29) is 0 Å². The van der Waals surface area contributed by atoms with E-state index in [1.807, 2.05) is 0 Å².